The molecule has 4 aliphatic heterocycles. The first-order valence-electron chi connectivity index (χ1n) is 10.3. The van der Waals surface area contributed by atoms with Crippen LogP contribution in [0, 0.1) is 17.1 Å². The van der Waals surface area contributed by atoms with Crippen LogP contribution in [0.5, 0.6) is 0 Å². The van der Waals surface area contributed by atoms with Gasteiger partial charge in [-0.25, -0.2) is 0 Å². The van der Waals surface area contributed by atoms with Gasteiger partial charge in [-0.05, 0) is 0 Å². The molecule has 1 atom stereocenters. The van der Waals surface area contributed by atoms with E-state index in [0.29, 0.717) is 22.5 Å². The van der Waals surface area contributed by atoms with Crippen molar-refractivity contribution in [3.8, 4) is 6.07 Å². The zero-order chi connectivity index (χ0) is 20.7. The van der Waals surface area contributed by atoms with Gasteiger partial charge in [-0.3, -0.25) is 0 Å². The number of hydrogen-bond donors (Lipinski definition) is 0. The summed E-state index contributed by atoms with van der Waals surface area (Å²) in [5.74, 6) is -0.302. The summed E-state index contributed by atoms with van der Waals surface area (Å²) in [7, 11) is 0. The predicted octanol–water partition coefficient (Wildman–Crippen LogP) is 4.64. The van der Waals surface area contributed by atoms with Gasteiger partial charge in [0.2, 0.25) is 0 Å². The Hall–Kier alpha value is -2.18. The maximum absolute atomic E-state index is 13.6. The van der Waals surface area contributed by atoms with E-state index in [1.165, 1.54) is 12.1 Å². The molecule has 0 N–H and O–H groups in total. The molecular formula is C23H23FIN3O2. The third-order valence-corrected chi connectivity index (χ3v) is 12.0. The van der Waals surface area contributed by atoms with Gasteiger partial charge in [0.25, 0.3) is 0 Å². The number of halogens is 2. The second-order valence-corrected chi connectivity index (χ2v) is 12.9. The Bertz CT molecular complexity index is 998. The van der Waals surface area contributed by atoms with Crippen molar-refractivity contribution in [2.75, 3.05) is 24.2 Å². The Kier molecular flexibility index (Phi) is 5.37. The van der Waals surface area contributed by atoms with Crippen molar-refractivity contribution in [1.82, 2.24) is 9.80 Å². The second kappa shape index (κ2) is 8.16. The van der Waals surface area contributed by atoms with Crippen molar-refractivity contribution < 1.29 is 12.3 Å². The Labute approximate surface area is 183 Å². The van der Waals surface area contributed by atoms with Crippen LogP contribution < -0.4 is 0 Å². The molecule has 2 bridgehead atoms. The van der Waals surface area contributed by atoms with Crippen LogP contribution in [0.2, 0.25) is 0 Å². The Morgan fingerprint density at radius 2 is 1.90 bits per heavy atom. The van der Waals surface area contributed by atoms with Gasteiger partial charge in [-0.1, -0.05) is 0 Å². The molecule has 7 heteroatoms. The number of rotatable bonds is 2. The van der Waals surface area contributed by atoms with Crippen LogP contribution >= 0.6 is 20.2 Å². The number of benzene rings is 2. The fourth-order valence-electron chi connectivity index (χ4n) is 4.64. The zero-order valence-corrected chi connectivity index (χ0v) is 18.7. The van der Waals surface area contributed by atoms with E-state index in [2.05, 4.69) is 11.0 Å². The van der Waals surface area contributed by atoms with Crippen LogP contribution in [-0.2, 0) is 9.49 Å². The molecule has 3 fully saturated rings. The molecule has 0 saturated carbocycles. The number of carbonyl (C=O) groups is 1. The molecule has 0 radical (unpaired) electrons. The molecule has 156 valence electrons. The van der Waals surface area contributed by atoms with E-state index >= 15 is 0 Å². The van der Waals surface area contributed by atoms with Gasteiger partial charge in [0.15, 0.2) is 0 Å². The molecule has 3 saturated heterocycles. The van der Waals surface area contributed by atoms with Crippen molar-refractivity contribution in [1.29, 1.82) is 5.26 Å². The van der Waals surface area contributed by atoms with E-state index in [1.807, 2.05) is 12.1 Å². The molecule has 30 heavy (non-hydrogen) atoms. The third-order valence-electron chi connectivity index (χ3n) is 6.23. The Morgan fingerprint density at radius 3 is 2.57 bits per heavy atom. The number of nitrogens with zero attached hydrogens (tertiary/aromatic N) is 3. The molecule has 4 heterocycles. The summed E-state index contributed by atoms with van der Waals surface area (Å²) in [6, 6.07) is 13.8. The van der Waals surface area contributed by atoms with Crippen LogP contribution in [0.15, 0.2) is 42.5 Å². The zero-order valence-electron chi connectivity index (χ0n) is 16.6. The molecular weight excluding hydrogens is 496 g/mol. The van der Waals surface area contributed by atoms with E-state index < -0.39 is 20.2 Å². The van der Waals surface area contributed by atoms with Gasteiger partial charge in [0.1, 0.15) is 0 Å². The summed E-state index contributed by atoms with van der Waals surface area (Å²) in [6.07, 6.45) is 2.75. The first-order chi connectivity index (χ1) is 14.6. The third kappa shape index (κ3) is 3.67. The van der Waals surface area contributed by atoms with Gasteiger partial charge < -0.3 is 0 Å². The Morgan fingerprint density at radius 1 is 1.13 bits per heavy atom. The summed E-state index contributed by atoms with van der Waals surface area (Å²) in [5, 5.41) is 9.25. The van der Waals surface area contributed by atoms with Crippen LogP contribution in [0.25, 0.3) is 0 Å². The number of fused-ring (bicyclic) bond motifs is 4. The van der Waals surface area contributed by atoms with Crippen LogP contribution in [-0.4, -0.2) is 44.0 Å². The fourth-order valence-corrected chi connectivity index (χ4v) is 10.0. The number of hydrogen-bond acceptors (Lipinski definition) is 4. The number of carbonyl (C=O) groups excluding carboxylic acids is 1. The summed E-state index contributed by atoms with van der Waals surface area (Å²) >= 11 is -1.82. The van der Waals surface area contributed by atoms with E-state index in [9.17, 15) is 14.4 Å². The first-order valence-corrected chi connectivity index (χ1v) is 13.9. The molecule has 0 aromatic heterocycles. The Balaban J connectivity index is 1.46. The number of nitriles is 1. The number of piperidine rings is 1. The van der Waals surface area contributed by atoms with E-state index in [-0.39, 0.29) is 18.0 Å². The summed E-state index contributed by atoms with van der Waals surface area (Å²) in [4.78, 5) is 17.6. The standard InChI is InChI=1S/C23H23FIN3O2/c24-19-4-2-17(3-5-19)22-21-6-1-16(14-26)13-18(21)7-12-28(22)23(29)30-25-15-27-10-8-20(25)9-11-27/h1-6,13,20,22H,7-12,15H2/t22-/m1/s1. The molecule has 0 spiro atoms. The van der Waals surface area contributed by atoms with E-state index in [1.54, 1.807) is 23.1 Å². The molecule has 6 rings (SSSR count). The molecule has 0 aliphatic carbocycles. The number of alkyl halides is 2. The topological polar surface area (TPSA) is 56.6 Å². The van der Waals surface area contributed by atoms with Gasteiger partial charge >= 0.3 is 184 Å². The quantitative estimate of drug-likeness (QED) is 0.330. The first kappa shape index (κ1) is 19.8. The van der Waals surface area contributed by atoms with Crippen LogP contribution in [0.1, 0.15) is 41.1 Å². The molecule has 1 amide bonds. The number of amides is 1. The minimum atomic E-state index is -1.82. The summed E-state index contributed by atoms with van der Waals surface area (Å²) < 4.78 is 21.3. The monoisotopic (exact) mass is 519 g/mol. The van der Waals surface area contributed by atoms with Crippen LogP contribution in [0.3, 0.4) is 0 Å². The summed E-state index contributed by atoms with van der Waals surface area (Å²) in [5.41, 5.74) is 3.52. The predicted molar refractivity (Wildman–Crippen MR) is 120 cm³/mol. The molecule has 2 aromatic carbocycles. The molecule has 4 aliphatic rings. The summed E-state index contributed by atoms with van der Waals surface area (Å²) in [6.45, 7) is 2.79. The van der Waals surface area contributed by atoms with Crippen molar-refractivity contribution >= 4 is 26.3 Å². The molecule has 5 nitrogen and oxygen atoms in total. The van der Waals surface area contributed by atoms with Gasteiger partial charge in [0.05, 0.1) is 0 Å². The van der Waals surface area contributed by atoms with Gasteiger partial charge in [-0.2, -0.15) is 0 Å². The van der Waals surface area contributed by atoms with Gasteiger partial charge in [-0.15, -0.1) is 0 Å². The van der Waals surface area contributed by atoms with Crippen LogP contribution in [0.4, 0.5) is 9.18 Å². The van der Waals surface area contributed by atoms with E-state index in [4.69, 9.17) is 3.07 Å². The van der Waals surface area contributed by atoms with Gasteiger partial charge in [0, 0.05) is 0 Å². The molecule has 0 unspecified atom stereocenters. The van der Waals surface area contributed by atoms with Crippen molar-refractivity contribution in [3.05, 3.63) is 70.5 Å². The molecule has 2 aromatic rings. The normalized spacial score (nSPS) is 26.1. The second-order valence-electron chi connectivity index (χ2n) is 8.03. The SMILES string of the molecule is N#Cc1ccc2c(c1)CCN(C(=O)OI1CN3CCC1CC3)[C@@H]2c1ccc(F)cc1. The van der Waals surface area contributed by atoms with E-state index in [0.717, 1.165) is 47.2 Å². The van der Waals surface area contributed by atoms with Crippen molar-refractivity contribution in [2.24, 2.45) is 0 Å². The average Bonchev–Trinajstić information content (AvgIpc) is 2.79. The maximum atomic E-state index is 13.6. The fraction of sp³-hybridized carbons (Fsp3) is 0.391. The van der Waals surface area contributed by atoms with Crippen molar-refractivity contribution in [3.63, 3.8) is 0 Å². The van der Waals surface area contributed by atoms with Crippen molar-refractivity contribution in [2.45, 2.75) is 29.2 Å². The minimum absolute atomic E-state index is 0.238. The average molecular weight is 519 g/mol.